The summed E-state index contributed by atoms with van der Waals surface area (Å²) in [6, 6.07) is 12.6. The molecule has 0 atom stereocenters. The van der Waals surface area contributed by atoms with Crippen LogP contribution in [-0.2, 0) is 16.0 Å². The molecule has 0 spiro atoms. The fourth-order valence-electron chi connectivity index (χ4n) is 2.12. The second-order valence-corrected chi connectivity index (χ2v) is 5.35. The van der Waals surface area contributed by atoms with Crippen LogP contribution in [0.2, 0.25) is 0 Å². The molecule has 3 amide bonds. The lowest BCUT2D eigenvalue weighted by atomic mass is 10.1. The number of hydrogen-bond acceptors (Lipinski definition) is 4. The molecule has 0 unspecified atom stereocenters. The Balaban J connectivity index is 1.52. The Kier molecular flexibility index (Phi) is 7.24. The van der Waals surface area contributed by atoms with E-state index in [9.17, 15) is 14.4 Å². The first-order valence-electron chi connectivity index (χ1n) is 8.04. The van der Waals surface area contributed by atoms with Crippen LogP contribution in [0.15, 0.2) is 53.1 Å². The molecule has 7 heteroatoms. The van der Waals surface area contributed by atoms with Crippen LogP contribution in [0.3, 0.4) is 0 Å². The van der Waals surface area contributed by atoms with Gasteiger partial charge in [0.05, 0.1) is 12.7 Å². The van der Waals surface area contributed by atoms with Crippen LogP contribution in [0.4, 0.5) is 0 Å². The van der Waals surface area contributed by atoms with Gasteiger partial charge in [0.15, 0.2) is 5.76 Å². The van der Waals surface area contributed by atoms with Gasteiger partial charge in [-0.1, -0.05) is 30.3 Å². The Morgan fingerprint density at radius 2 is 1.52 bits per heavy atom. The lowest BCUT2D eigenvalue weighted by Gasteiger charge is -2.07. The van der Waals surface area contributed by atoms with Crippen LogP contribution in [0.5, 0.6) is 0 Å². The Hall–Kier alpha value is -3.09. The summed E-state index contributed by atoms with van der Waals surface area (Å²) in [5.74, 6) is -0.406. The highest BCUT2D eigenvalue weighted by molar-refractivity contribution is 5.91. The molecule has 2 rings (SSSR count). The van der Waals surface area contributed by atoms with Crippen molar-refractivity contribution in [3.05, 3.63) is 60.1 Å². The zero-order valence-electron chi connectivity index (χ0n) is 13.8. The monoisotopic (exact) mass is 343 g/mol. The number of hydrogen-bond donors (Lipinski definition) is 3. The number of carbonyl (C=O) groups excluding carboxylic acids is 3. The van der Waals surface area contributed by atoms with Crippen LogP contribution >= 0.6 is 0 Å². The first kappa shape index (κ1) is 18.3. The highest BCUT2D eigenvalue weighted by Crippen LogP contribution is 1.99. The van der Waals surface area contributed by atoms with Crippen molar-refractivity contribution in [3.8, 4) is 0 Å². The van der Waals surface area contributed by atoms with Gasteiger partial charge in [0, 0.05) is 26.1 Å². The zero-order chi connectivity index (χ0) is 17.9. The molecule has 132 valence electrons. The van der Waals surface area contributed by atoms with E-state index in [1.165, 1.54) is 6.26 Å². The van der Waals surface area contributed by atoms with Gasteiger partial charge in [0.1, 0.15) is 0 Å². The Morgan fingerprint density at radius 1 is 0.800 bits per heavy atom. The third-order valence-corrected chi connectivity index (χ3v) is 3.36. The molecule has 0 saturated heterocycles. The van der Waals surface area contributed by atoms with E-state index in [1.807, 2.05) is 30.3 Å². The predicted octanol–water partition coefficient (Wildman–Crippen LogP) is 0.875. The molecule has 25 heavy (non-hydrogen) atoms. The molecule has 0 fully saturated rings. The number of rotatable bonds is 9. The van der Waals surface area contributed by atoms with E-state index >= 15 is 0 Å². The number of amides is 3. The fourth-order valence-corrected chi connectivity index (χ4v) is 2.12. The van der Waals surface area contributed by atoms with Gasteiger partial charge >= 0.3 is 0 Å². The Bertz CT molecular complexity index is 684. The Morgan fingerprint density at radius 3 is 2.24 bits per heavy atom. The smallest absolute Gasteiger partial charge is 0.287 e. The van der Waals surface area contributed by atoms with Crippen molar-refractivity contribution in [2.24, 2.45) is 0 Å². The summed E-state index contributed by atoms with van der Waals surface area (Å²) in [7, 11) is 0. The third-order valence-electron chi connectivity index (χ3n) is 3.36. The third kappa shape index (κ3) is 6.90. The average molecular weight is 343 g/mol. The van der Waals surface area contributed by atoms with Gasteiger partial charge in [-0.05, 0) is 17.7 Å². The van der Waals surface area contributed by atoms with Crippen molar-refractivity contribution in [1.82, 2.24) is 16.0 Å². The summed E-state index contributed by atoms with van der Waals surface area (Å²) in [4.78, 5) is 35.0. The number of furan rings is 1. The standard InChI is InChI=1S/C18H21N3O4/c22-16(20-10-11-21-18(24)15-7-4-12-25-15)8-9-19-17(23)13-14-5-2-1-3-6-14/h1-7,12H,8-11,13H2,(H,19,23)(H,20,22)(H,21,24). The van der Waals surface area contributed by atoms with Gasteiger partial charge in [-0.15, -0.1) is 0 Å². The van der Waals surface area contributed by atoms with Crippen molar-refractivity contribution in [2.75, 3.05) is 19.6 Å². The molecule has 1 aromatic heterocycles. The predicted molar refractivity (Wildman–Crippen MR) is 91.8 cm³/mol. The normalized spacial score (nSPS) is 10.1. The minimum atomic E-state index is -0.326. The van der Waals surface area contributed by atoms with Crippen LogP contribution in [0.25, 0.3) is 0 Å². The summed E-state index contributed by atoms with van der Waals surface area (Å²) < 4.78 is 4.95. The molecule has 1 heterocycles. The second kappa shape index (κ2) is 9.92. The molecular weight excluding hydrogens is 322 g/mol. The molecule has 0 bridgehead atoms. The topological polar surface area (TPSA) is 100 Å². The molecule has 0 saturated carbocycles. The van der Waals surface area contributed by atoms with Gasteiger partial charge < -0.3 is 20.4 Å². The molecule has 2 aromatic rings. The van der Waals surface area contributed by atoms with E-state index in [1.54, 1.807) is 12.1 Å². The van der Waals surface area contributed by atoms with Crippen molar-refractivity contribution in [3.63, 3.8) is 0 Å². The molecule has 7 nitrogen and oxygen atoms in total. The van der Waals surface area contributed by atoms with Gasteiger partial charge in [0.2, 0.25) is 11.8 Å². The maximum atomic E-state index is 11.7. The number of nitrogens with one attached hydrogen (secondary N) is 3. The maximum Gasteiger partial charge on any atom is 0.287 e. The van der Waals surface area contributed by atoms with Crippen LogP contribution < -0.4 is 16.0 Å². The summed E-state index contributed by atoms with van der Waals surface area (Å²) in [5, 5.41) is 8.00. The molecule has 1 aromatic carbocycles. The summed E-state index contributed by atoms with van der Waals surface area (Å²) >= 11 is 0. The molecule has 0 aliphatic carbocycles. The van der Waals surface area contributed by atoms with E-state index in [4.69, 9.17) is 4.42 Å². The first-order valence-corrected chi connectivity index (χ1v) is 8.04. The quantitative estimate of drug-likeness (QED) is 0.588. The van der Waals surface area contributed by atoms with Crippen molar-refractivity contribution >= 4 is 17.7 Å². The molecule has 0 aliphatic rings. The molecular formula is C18H21N3O4. The van der Waals surface area contributed by atoms with E-state index in [2.05, 4.69) is 16.0 Å². The molecule has 3 N–H and O–H groups in total. The zero-order valence-corrected chi connectivity index (χ0v) is 13.8. The first-order chi connectivity index (χ1) is 12.1. The lowest BCUT2D eigenvalue weighted by Crippen LogP contribution is -2.36. The summed E-state index contributed by atoms with van der Waals surface area (Å²) in [5.41, 5.74) is 0.928. The van der Waals surface area contributed by atoms with E-state index in [0.717, 1.165) is 5.56 Å². The van der Waals surface area contributed by atoms with Gasteiger partial charge in [0.25, 0.3) is 5.91 Å². The van der Waals surface area contributed by atoms with Crippen LogP contribution in [0, 0.1) is 0 Å². The van der Waals surface area contributed by atoms with E-state index < -0.39 is 0 Å². The molecule has 0 aliphatic heterocycles. The molecule has 0 radical (unpaired) electrons. The van der Waals surface area contributed by atoms with Gasteiger partial charge in [-0.2, -0.15) is 0 Å². The SMILES string of the molecule is O=C(CCNC(=O)Cc1ccccc1)NCCNC(=O)c1ccco1. The van der Waals surface area contributed by atoms with Crippen LogP contribution in [-0.4, -0.2) is 37.4 Å². The average Bonchev–Trinajstić information content (AvgIpc) is 3.14. The highest BCUT2D eigenvalue weighted by atomic mass is 16.3. The number of benzene rings is 1. The summed E-state index contributed by atoms with van der Waals surface area (Å²) in [6.45, 7) is 0.880. The van der Waals surface area contributed by atoms with E-state index in [-0.39, 0.29) is 36.4 Å². The second-order valence-electron chi connectivity index (χ2n) is 5.35. The Labute approximate surface area is 145 Å². The lowest BCUT2D eigenvalue weighted by molar-refractivity contribution is -0.122. The summed E-state index contributed by atoms with van der Waals surface area (Å²) in [6.07, 6.45) is 1.90. The minimum absolute atomic E-state index is 0.121. The largest absolute Gasteiger partial charge is 0.459 e. The van der Waals surface area contributed by atoms with Crippen molar-refractivity contribution < 1.29 is 18.8 Å². The maximum absolute atomic E-state index is 11.7. The minimum Gasteiger partial charge on any atom is -0.459 e. The van der Waals surface area contributed by atoms with Gasteiger partial charge in [-0.25, -0.2) is 0 Å². The highest BCUT2D eigenvalue weighted by Gasteiger charge is 2.08. The van der Waals surface area contributed by atoms with Crippen LogP contribution in [0.1, 0.15) is 22.5 Å². The number of carbonyl (C=O) groups is 3. The van der Waals surface area contributed by atoms with Gasteiger partial charge in [-0.3, -0.25) is 14.4 Å². The van der Waals surface area contributed by atoms with Crippen molar-refractivity contribution in [1.29, 1.82) is 0 Å². The van der Waals surface area contributed by atoms with E-state index in [0.29, 0.717) is 19.5 Å². The van der Waals surface area contributed by atoms with Crippen molar-refractivity contribution in [2.45, 2.75) is 12.8 Å². The fraction of sp³-hybridized carbons (Fsp3) is 0.278.